The van der Waals surface area contributed by atoms with Crippen molar-refractivity contribution in [2.75, 3.05) is 20.4 Å². The zero-order chi connectivity index (χ0) is 18.6. The Bertz CT molecular complexity index is 890. The van der Waals surface area contributed by atoms with Gasteiger partial charge in [-0.3, -0.25) is 9.59 Å². The molecule has 0 atom stereocenters. The highest BCUT2D eigenvalue weighted by molar-refractivity contribution is 7.90. The molecule has 25 heavy (non-hydrogen) atoms. The van der Waals surface area contributed by atoms with E-state index >= 15 is 0 Å². The minimum atomic E-state index is -3.37. The monoisotopic (exact) mass is 360 g/mol. The molecule has 0 heterocycles. The number of carbonyl (C=O) groups excluding carboxylic acids is 2. The molecule has 2 aromatic rings. The van der Waals surface area contributed by atoms with Crippen molar-refractivity contribution >= 4 is 21.7 Å². The summed E-state index contributed by atoms with van der Waals surface area (Å²) in [6, 6.07) is 12.9. The van der Waals surface area contributed by atoms with Gasteiger partial charge in [-0.25, -0.2) is 8.42 Å². The largest absolute Gasteiger partial charge is 0.355 e. The molecule has 6 nitrogen and oxygen atoms in total. The number of hydrogen-bond donors (Lipinski definition) is 1. The van der Waals surface area contributed by atoms with E-state index in [1.54, 1.807) is 50.5 Å². The number of carbonyl (C=O) groups is 2. The predicted octanol–water partition coefficient (Wildman–Crippen LogP) is 1.72. The lowest BCUT2D eigenvalue weighted by Gasteiger charge is -2.18. The van der Waals surface area contributed by atoms with E-state index in [4.69, 9.17) is 0 Å². The summed E-state index contributed by atoms with van der Waals surface area (Å²) < 4.78 is 23.2. The molecule has 7 heteroatoms. The van der Waals surface area contributed by atoms with Gasteiger partial charge in [-0.15, -0.1) is 0 Å². The molecule has 1 N–H and O–H groups in total. The molecule has 132 valence electrons. The molecular formula is C18H20N2O4S. The molecule has 0 aliphatic rings. The summed E-state index contributed by atoms with van der Waals surface area (Å²) in [4.78, 5) is 25.7. The minimum Gasteiger partial charge on any atom is -0.355 e. The zero-order valence-electron chi connectivity index (χ0n) is 14.3. The quantitative estimate of drug-likeness (QED) is 0.880. The van der Waals surface area contributed by atoms with Gasteiger partial charge in [0.15, 0.2) is 9.84 Å². The summed E-state index contributed by atoms with van der Waals surface area (Å²) in [6.45, 7) is 0.343. The maximum atomic E-state index is 12.5. The lowest BCUT2D eigenvalue weighted by atomic mass is 10.1. The maximum absolute atomic E-state index is 12.5. The molecule has 0 saturated carbocycles. The van der Waals surface area contributed by atoms with Crippen molar-refractivity contribution in [3.63, 3.8) is 0 Å². The lowest BCUT2D eigenvalue weighted by molar-refractivity contribution is 0.0784. The van der Waals surface area contributed by atoms with Crippen LogP contribution in [0.3, 0.4) is 0 Å². The third-order valence-corrected chi connectivity index (χ3v) is 4.83. The molecule has 2 aromatic carbocycles. The van der Waals surface area contributed by atoms with Crippen molar-refractivity contribution < 1.29 is 18.0 Å². The van der Waals surface area contributed by atoms with Crippen molar-refractivity contribution in [3.8, 4) is 0 Å². The number of hydrogen-bond acceptors (Lipinski definition) is 4. The second-order valence-electron chi connectivity index (χ2n) is 5.74. The summed E-state index contributed by atoms with van der Waals surface area (Å²) in [5.41, 5.74) is 1.72. The van der Waals surface area contributed by atoms with Crippen LogP contribution in [0.2, 0.25) is 0 Å². The van der Waals surface area contributed by atoms with E-state index in [-0.39, 0.29) is 16.7 Å². The Kier molecular flexibility index (Phi) is 5.58. The number of nitrogens with zero attached hydrogens (tertiary/aromatic N) is 1. The molecule has 0 spiro atoms. The molecule has 0 aliphatic heterocycles. The first-order chi connectivity index (χ1) is 11.7. The molecule has 0 aliphatic carbocycles. The van der Waals surface area contributed by atoms with E-state index in [2.05, 4.69) is 5.32 Å². The van der Waals surface area contributed by atoms with Crippen LogP contribution in [0.25, 0.3) is 0 Å². The third-order valence-electron chi connectivity index (χ3n) is 3.72. The highest BCUT2D eigenvalue weighted by Gasteiger charge is 2.15. The van der Waals surface area contributed by atoms with Gasteiger partial charge < -0.3 is 10.2 Å². The minimum absolute atomic E-state index is 0.113. The molecule has 0 saturated heterocycles. The van der Waals surface area contributed by atoms with E-state index in [1.807, 2.05) is 0 Å². The fourth-order valence-corrected chi connectivity index (χ4v) is 3.00. The van der Waals surface area contributed by atoms with Gasteiger partial charge in [-0.1, -0.05) is 18.2 Å². The van der Waals surface area contributed by atoms with Gasteiger partial charge in [0.25, 0.3) is 11.8 Å². The van der Waals surface area contributed by atoms with Crippen molar-refractivity contribution in [2.45, 2.75) is 11.4 Å². The fraction of sp³-hybridized carbons (Fsp3) is 0.222. The summed E-state index contributed by atoms with van der Waals surface area (Å²) >= 11 is 0. The number of sulfone groups is 1. The first-order valence-corrected chi connectivity index (χ1v) is 9.48. The Labute approximate surface area is 147 Å². The molecule has 2 amide bonds. The summed E-state index contributed by atoms with van der Waals surface area (Å²) in [5.74, 6) is -0.450. The number of rotatable bonds is 5. The van der Waals surface area contributed by atoms with Gasteiger partial charge in [0.05, 0.1) is 4.90 Å². The maximum Gasteiger partial charge on any atom is 0.253 e. The van der Waals surface area contributed by atoms with Crippen molar-refractivity contribution in [2.24, 2.45) is 0 Å². The van der Waals surface area contributed by atoms with E-state index in [9.17, 15) is 18.0 Å². The van der Waals surface area contributed by atoms with Crippen LogP contribution in [0, 0.1) is 0 Å². The van der Waals surface area contributed by atoms with Gasteiger partial charge in [-0.2, -0.15) is 0 Å². The van der Waals surface area contributed by atoms with Gasteiger partial charge in [0.2, 0.25) is 0 Å². The smallest absolute Gasteiger partial charge is 0.253 e. The van der Waals surface area contributed by atoms with E-state index in [0.717, 1.165) is 11.8 Å². The average Bonchev–Trinajstić information content (AvgIpc) is 2.60. The topological polar surface area (TPSA) is 83.6 Å². The summed E-state index contributed by atoms with van der Waals surface area (Å²) in [5, 5.41) is 2.55. The van der Waals surface area contributed by atoms with Crippen molar-refractivity contribution in [1.82, 2.24) is 10.2 Å². The number of amides is 2. The van der Waals surface area contributed by atoms with Crippen molar-refractivity contribution in [3.05, 3.63) is 65.2 Å². The van der Waals surface area contributed by atoms with E-state index < -0.39 is 9.84 Å². The highest BCUT2D eigenvalue weighted by atomic mass is 32.2. The standard InChI is InChI=1S/C18H20N2O4S/c1-19-17(21)14-9-7-13(8-10-14)12-20(2)18(22)15-5-4-6-16(11-15)25(3,23)24/h4-11H,12H2,1-3H3,(H,19,21). The normalized spacial score (nSPS) is 11.0. The Morgan fingerprint density at radius 1 is 1.04 bits per heavy atom. The number of benzene rings is 2. The molecule has 0 aromatic heterocycles. The lowest BCUT2D eigenvalue weighted by Crippen LogP contribution is -2.26. The summed E-state index contributed by atoms with van der Waals surface area (Å²) in [7, 11) is -0.164. The van der Waals surface area contributed by atoms with Crippen LogP contribution < -0.4 is 5.32 Å². The average molecular weight is 360 g/mol. The van der Waals surface area contributed by atoms with Crippen LogP contribution in [0.1, 0.15) is 26.3 Å². The first-order valence-electron chi connectivity index (χ1n) is 7.59. The Hall–Kier alpha value is -2.67. The predicted molar refractivity (Wildman–Crippen MR) is 95.2 cm³/mol. The van der Waals surface area contributed by atoms with Gasteiger partial charge in [0, 0.05) is 38.0 Å². The third kappa shape index (κ3) is 4.67. The molecule has 0 radical (unpaired) electrons. The fourth-order valence-electron chi connectivity index (χ4n) is 2.33. The zero-order valence-corrected chi connectivity index (χ0v) is 15.1. The summed E-state index contributed by atoms with van der Waals surface area (Å²) in [6.07, 6.45) is 1.11. The number of nitrogens with one attached hydrogen (secondary N) is 1. The van der Waals surface area contributed by atoms with Crippen LogP contribution in [0.15, 0.2) is 53.4 Å². The van der Waals surface area contributed by atoms with Crippen LogP contribution in [0.4, 0.5) is 0 Å². The Morgan fingerprint density at radius 2 is 1.68 bits per heavy atom. The van der Waals surface area contributed by atoms with Crippen LogP contribution in [-0.2, 0) is 16.4 Å². The van der Waals surface area contributed by atoms with Gasteiger partial charge in [-0.05, 0) is 35.9 Å². The molecular weight excluding hydrogens is 340 g/mol. The first kappa shape index (κ1) is 18.7. The Balaban J connectivity index is 2.14. The second-order valence-corrected chi connectivity index (χ2v) is 7.75. The second kappa shape index (κ2) is 7.48. The SMILES string of the molecule is CNC(=O)c1ccc(CN(C)C(=O)c2cccc(S(C)(=O)=O)c2)cc1. The van der Waals surface area contributed by atoms with Gasteiger partial charge >= 0.3 is 0 Å². The van der Waals surface area contributed by atoms with Crippen LogP contribution >= 0.6 is 0 Å². The molecule has 0 bridgehead atoms. The van der Waals surface area contributed by atoms with Crippen LogP contribution in [0.5, 0.6) is 0 Å². The molecule has 0 unspecified atom stereocenters. The molecule has 2 rings (SSSR count). The van der Waals surface area contributed by atoms with Crippen molar-refractivity contribution in [1.29, 1.82) is 0 Å². The van der Waals surface area contributed by atoms with Crippen LogP contribution in [-0.4, -0.2) is 45.5 Å². The van der Waals surface area contributed by atoms with E-state index in [1.165, 1.54) is 17.0 Å². The van der Waals surface area contributed by atoms with E-state index in [0.29, 0.717) is 17.7 Å². The highest BCUT2D eigenvalue weighted by Crippen LogP contribution is 2.14. The van der Waals surface area contributed by atoms with Gasteiger partial charge in [0.1, 0.15) is 0 Å². The molecule has 0 fully saturated rings. The Morgan fingerprint density at radius 3 is 2.24 bits per heavy atom.